The lowest BCUT2D eigenvalue weighted by molar-refractivity contribution is 0.416. The lowest BCUT2D eigenvalue weighted by atomic mass is 10.1. The fraction of sp³-hybridized carbons (Fsp3) is 0.227. The van der Waals surface area contributed by atoms with Crippen molar-refractivity contribution in [1.82, 2.24) is 19.7 Å². The molecule has 6 nitrogen and oxygen atoms in total. The second-order valence-electron chi connectivity index (χ2n) is 6.55. The van der Waals surface area contributed by atoms with Gasteiger partial charge >= 0.3 is 0 Å². The van der Waals surface area contributed by atoms with Crippen molar-refractivity contribution in [2.45, 2.75) is 31.3 Å². The summed E-state index contributed by atoms with van der Waals surface area (Å²) >= 11 is 1.59. The fourth-order valence-corrected chi connectivity index (χ4v) is 3.93. The molecule has 0 unspecified atom stereocenters. The standard InChI is InChI=1S/C22H22N4O2S/c1-4-26-20(18-7-5-6-8-19(18)27-3)24-25-22(26)29-14-17-13-28-21(23-17)16-11-9-15(2)10-12-16/h5-13H,4,14H2,1-3H3. The molecule has 7 heteroatoms. The maximum absolute atomic E-state index is 5.66. The van der Waals surface area contributed by atoms with Gasteiger partial charge in [-0.3, -0.25) is 0 Å². The average molecular weight is 407 g/mol. The normalized spacial score (nSPS) is 11.0. The maximum Gasteiger partial charge on any atom is 0.226 e. The number of aryl methyl sites for hydroxylation is 1. The SMILES string of the molecule is CCn1c(SCc2coc(-c3ccc(C)cc3)n2)nnc1-c1ccccc1OC. The van der Waals surface area contributed by atoms with Crippen LogP contribution in [0.4, 0.5) is 0 Å². The zero-order valence-electron chi connectivity index (χ0n) is 16.6. The van der Waals surface area contributed by atoms with Crippen LogP contribution in [-0.4, -0.2) is 26.9 Å². The van der Waals surface area contributed by atoms with Crippen LogP contribution in [0.1, 0.15) is 18.2 Å². The van der Waals surface area contributed by atoms with Gasteiger partial charge in [0.2, 0.25) is 5.89 Å². The van der Waals surface area contributed by atoms with Gasteiger partial charge in [0.25, 0.3) is 0 Å². The number of oxazole rings is 1. The number of hydrogen-bond acceptors (Lipinski definition) is 6. The van der Waals surface area contributed by atoms with Crippen molar-refractivity contribution in [2.24, 2.45) is 0 Å². The maximum atomic E-state index is 5.66. The molecule has 0 fully saturated rings. The lowest BCUT2D eigenvalue weighted by Crippen LogP contribution is -2.01. The van der Waals surface area contributed by atoms with E-state index >= 15 is 0 Å². The van der Waals surface area contributed by atoms with Gasteiger partial charge in [-0.15, -0.1) is 10.2 Å². The van der Waals surface area contributed by atoms with Crippen LogP contribution in [0.15, 0.2) is 64.4 Å². The number of methoxy groups -OCH3 is 1. The highest BCUT2D eigenvalue weighted by molar-refractivity contribution is 7.98. The predicted octanol–water partition coefficient (Wildman–Crippen LogP) is 5.23. The fourth-order valence-electron chi connectivity index (χ4n) is 3.05. The Hall–Kier alpha value is -3.06. The molecule has 0 aliphatic heterocycles. The molecule has 0 saturated carbocycles. The van der Waals surface area contributed by atoms with Crippen molar-refractivity contribution in [3.05, 3.63) is 66.1 Å². The Morgan fingerprint density at radius 2 is 1.86 bits per heavy atom. The number of para-hydroxylation sites is 1. The Labute approximate surface area is 174 Å². The summed E-state index contributed by atoms with van der Waals surface area (Å²) in [6.07, 6.45) is 1.70. The van der Waals surface area contributed by atoms with Crippen LogP contribution in [0.3, 0.4) is 0 Å². The van der Waals surface area contributed by atoms with Crippen LogP contribution in [0.2, 0.25) is 0 Å². The molecular weight excluding hydrogens is 384 g/mol. The topological polar surface area (TPSA) is 66.0 Å². The zero-order valence-corrected chi connectivity index (χ0v) is 17.4. The molecule has 0 atom stereocenters. The van der Waals surface area contributed by atoms with E-state index in [1.54, 1.807) is 25.1 Å². The van der Waals surface area contributed by atoms with Gasteiger partial charge in [0, 0.05) is 17.9 Å². The van der Waals surface area contributed by atoms with E-state index in [2.05, 4.69) is 45.7 Å². The number of rotatable bonds is 7. The molecule has 2 heterocycles. The molecule has 2 aromatic heterocycles. The van der Waals surface area contributed by atoms with Crippen molar-refractivity contribution in [2.75, 3.05) is 7.11 Å². The molecule has 0 bridgehead atoms. The Morgan fingerprint density at radius 1 is 1.07 bits per heavy atom. The third-order valence-corrected chi connectivity index (χ3v) is 5.58. The van der Waals surface area contributed by atoms with E-state index in [1.807, 2.05) is 36.4 Å². The average Bonchev–Trinajstić information content (AvgIpc) is 3.39. The van der Waals surface area contributed by atoms with Gasteiger partial charge in [-0.25, -0.2) is 4.98 Å². The quantitative estimate of drug-likeness (QED) is 0.392. The molecular formula is C22H22N4O2S. The third kappa shape index (κ3) is 4.05. The molecule has 148 valence electrons. The van der Waals surface area contributed by atoms with E-state index in [0.717, 1.165) is 40.1 Å². The van der Waals surface area contributed by atoms with Gasteiger partial charge in [-0.2, -0.15) is 0 Å². The van der Waals surface area contributed by atoms with Crippen molar-refractivity contribution in [3.8, 4) is 28.6 Å². The van der Waals surface area contributed by atoms with E-state index in [1.165, 1.54) is 5.56 Å². The third-order valence-electron chi connectivity index (χ3n) is 4.58. The van der Waals surface area contributed by atoms with Crippen LogP contribution in [0.25, 0.3) is 22.8 Å². The van der Waals surface area contributed by atoms with Crippen LogP contribution in [0.5, 0.6) is 5.75 Å². The highest BCUT2D eigenvalue weighted by Gasteiger charge is 2.17. The van der Waals surface area contributed by atoms with Crippen LogP contribution < -0.4 is 4.74 Å². The highest BCUT2D eigenvalue weighted by Crippen LogP contribution is 2.32. The highest BCUT2D eigenvalue weighted by atomic mass is 32.2. The van der Waals surface area contributed by atoms with E-state index < -0.39 is 0 Å². The van der Waals surface area contributed by atoms with Crippen LogP contribution in [0, 0.1) is 6.92 Å². The van der Waals surface area contributed by atoms with Gasteiger partial charge in [0.05, 0.1) is 18.4 Å². The van der Waals surface area contributed by atoms with Crippen molar-refractivity contribution in [1.29, 1.82) is 0 Å². The van der Waals surface area contributed by atoms with Gasteiger partial charge in [-0.05, 0) is 38.1 Å². The lowest BCUT2D eigenvalue weighted by Gasteiger charge is -2.10. The Balaban J connectivity index is 1.52. The Bertz CT molecular complexity index is 1100. The van der Waals surface area contributed by atoms with Crippen molar-refractivity contribution >= 4 is 11.8 Å². The summed E-state index contributed by atoms with van der Waals surface area (Å²) in [5.74, 6) is 2.87. The first kappa shape index (κ1) is 19.3. The molecule has 0 aliphatic rings. The van der Waals surface area contributed by atoms with E-state index in [0.29, 0.717) is 11.6 Å². The smallest absolute Gasteiger partial charge is 0.226 e. The summed E-state index contributed by atoms with van der Waals surface area (Å²) in [6.45, 7) is 4.90. The monoisotopic (exact) mass is 406 g/mol. The second-order valence-corrected chi connectivity index (χ2v) is 7.49. The largest absolute Gasteiger partial charge is 0.496 e. The predicted molar refractivity (Wildman–Crippen MR) is 114 cm³/mol. The molecule has 4 rings (SSSR count). The molecule has 4 aromatic rings. The molecule has 29 heavy (non-hydrogen) atoms. The summed E-state index contributed by atoms with van der Waals surface area (Å²) in [5, 5.41) is 9.64. The second kappa shape index (κ2) is 8.53. The Morgan fingerprint density at radius 3 is 2.62 bits per heavy atom. The molecule has 0 N–H and O–H groups in total. The molecule has 0 radical (unpaired) electrons. The first-order valence-corrected chi connectivity index (χ1v) is 10.4. The Kier molecular flexibility index (Phi) is 5.67. The van der Waals surface area contributed by atoms with Crippen molar-refractivity contribution in [3.63, 3.8) is 0 Å². The summed E-state index contributed by atoms with van der Waals surface area (Å²) in [4.78, 5) is 4.61. The number of aromatic nitrogens is 4. The summed E-state index contributed by atoms with van der Waals surface area (Å²) in [7, 11) is 1.66. The first-order valence-electron chi connectivity index (χ1n) is 9.40. The number of nitrogens with zero attached hydrogens (tertiary/aromatic N) is 4. The molecule has 0 aliphatic carbocycles. The minimum Gasteiger partial charge on any atom is -0.496 e. The minimum absolute atomic E-state index is 0.632. The van der Waals surface area contributed by atoms with Crippen LogP contribution in [-0.2, 0) is 12.3 Å². The van der Waals surface area contributed by atoms with Crippen LogP contribution >= 0.6 is 11.8 Å². The molecule has 0 amide bonds. The summed E-state index contributed by atoms with van der Waals surface area (Å²) < 4.78 is 13.2. The van der Waals surface area contributed by atoms with E-state index in [4.69, 9.17) is 9.15 Å². The van der Waals surface area contributed by atoms with Gasteiger partial charge in [0.15, 0.2) is 11.0 Å². The van der Waals surface area contributed by atoms with E-state index in [9.17, 15) is 0 Å². The summed E-state index contributed by atoms with van der Waals surface area (Å²) in [5.41, 5.74) is 3.98. The van der Waals surface area contributed by atoms with Gasteiger partial charge < -0.3 is 13.7 Å². The minimum atomic E-state index is 0.632. The zero-order chi connectivity index (χ0) is 20.2. The molecule has 0 spiro atoms. The number of thioether (sulfide) groups is 1. The molecule has 2 aromatic carbocycles. The van der Waals surface area contributed by atoms with Crippen molar-refractivity contribution < 1.29 is 9.15 Å². The summed E-state index contributed by atoms with van der Waals surface area (Å²) in [6, 6.07) is 16.0. The van der Waals surface area contributed by atoms with Gasteiger partial charge in [0.1, 0.15) is 12.0 Å². The molecule has 0 saturated heterocycles. The van der Waals surface area contributed by atoms with Gasteiger partial charge in [-0.1, -0.05) is 41.6 Å². The number of benzene rings is 2. The number of ether oxygens (including phenoxy) is 1. The number of hydrogen-bond donors (Lipinski definition) is 0. The van der Waals surface area contributed by atoms with E-state index in [-0.39, 0.29) is 0 Å². The first-order chi connectivity index (χ1) is 14.2.